The van der Waals surface area contributed by atoms with Gasteiger partial charge in [0.15, 0.2) is 0 Å². The van der Waals surface area contributed by atoms with Crippen LogP contribution in [0.25, 0.3) is 0 Å². The van der Waals surface area contributed by atoms with Crippen molar-refractivity contribution in [2.24, 2.45) is 0 Å². The molecule has 1 aromatic heterocycles. The fourth-order valence-electron chi connectivity index (χ4n) is 2.09. The van der Waals surface area contributed by atoms with E-state index in [-0.39, 0.29) is 5.91 Å². The molecular weight excluding hydrogens is 324 g/mol. The van der Waals surface area contributed by atoms with E-state index in [1.165, 1.54) is 6.33 Å². The second kappa shape index (κ2) is 7.57. The van der Waals surface area contributed by atoms with Gasteiger partial charge in [0.1, 0.15) is 17.8 Å². The van der Waals surface area contributed by atoms with Crippen molar-refractivity contribution in [1.82, 2.24) is 9.97 Å². The van der Waals surface area contributed by atoms with Gasteiger partial charge in [-0.25, -0.2) is 9.97 Å². The lowest BCUT2D eigenvalue weighted by Crippen LogP contribution is -2.14. The third-order valence-corrected chi connectivity index (χ3v) is 3.57. The predicted octanol–water partition coefficient (Wildman–Crippen LogP) is 3.99. The summed E-state index contributed by atoms with van der Waals surface area (Å²) in [6, 6.07) is 18.4. The van der Waals surface area contributed by atoms with Crippen LogP contribution in [0, 0.1) is 0 Å². The van der Waals surface area contributed by atoms with Crippen LogP contribution >= 0.6 is 11.6 Å². The number of carbonyl (C=O) groups is 1. The Labute approximate surface area is 144 Å². The average molecular weight is 339 g/mol. The number of anilines is 2. The van der Waals surface area contributed by atoms with E-state index in [0.717, 1.165) is 11.3 Å². The summed E-state index contributed by atoms with van der Waals surface area (Å²) in [6.45, 7) is 0.577. The Balaban J connectivity index is 1.65. The summed E-state index contributed by atoms with van der Waals surface area (Å²) in [5.74, 6) is 0.302. The summed E-state index contributed by atoms with van der Waals surface area (Å²) >= 11 is 5.87. The van der Waals surface area contributed by atoms with Gasteiger partial charge < -0.3 is 10.6 Å². The highest BCUT2D eigenvalue weighted by Gasteiger charge is 2.09. The van der Waals surface area contributed by atoms with Gasteiger partial charge in [-0.3, -0.25) is 4.79 Å². The van der Waals surface area contributed by atoms with Gasteiger partial charge in [-0.2, -0.15) is 0 Å². The van der Waals surface area contributed by atoms with Crippen LogP contribution < -0.4 is 10.6 Å². The standard InChI is InChI=1S/C18H15ClN4O/c19-14-8-6-13(7-9-14)11-20-17-10-16(21-12-22-17)18(24)23-15-4-2-1-3-5-15/h1-10,12H,11H2,(H,23,24)(H,20,21,22). The number of rotatable bonds is 5. The molecule has 0 saturated carbocycles. The highest BCUT2D eigenvalue weighted by molar-refractivity contribution is 6.30. The SMILES string of the molecule is O=C(Nc1ccccc1)c1cc(NCc2ccc(Cl)cc2)ncn1. The van der Waals surface area contributed by atoms with Gasteiger partial charge in [0.25, 0.3) is 5.91 Å². The maximum absolute atomic E-state index is 12.2. The summed E-state index contributed by atoms with van der Waals surface area (Å²) in [4.78, 5) is 20.4. The van der Waals surface area contributed by atoms with Gasteiger partial charge in [0.05, 0.1) is 0 Å². The Bertz CT molecular complexity index is 822. The molecule has 120 valence electrons. The highest BCUT2D eigenvalue weighted by atomic mass is 35.5. The number of hydrogen-bond acceptors (Lipinski definition) is 4. The topological polar surface area (TPSA) is 66.9 Å². The fourth-order valence-corrected chi connectivity index (χ4v) is 2.22. The quantitative estimate of drug-likeness (QED) is 0.738. The molecule has 5 nitrogen and oxygen atoms in total. The van der Waals surface area contributed by atoms with Crippen molar-refractivity contribution >= 4 is 29.0 Å². The summed E-state index contributed by atoms with van der Waals surface area (Å²) in [6.07, 6.45) is 1.37. The molecule has 0 bridgehead atoms. The minimum atomic E-state index is -0.279. The molecule has 3 rings (SSSR count). The van der Waals surface area contributed by atoms with Crippen LogP contribution in [0.4, 0.5) is 11.5 Å². The first-order valence-corrected chi connectivity index (χ1v) is 7.75. The van der Waals surface area contributed by atoms with Crippen molar-refractivity contribution in [2.75, 3.05) is 10.6 Å². The molecule has 0 unspecified atom stereocenters. The van der Waals surface area contributed by atoms with Crippen molar-refractivity contribution in [3.63, 3.8) is 0 Å². The second-order valence-corrected chi connectivity index (χ2v) is 5.53. The minimum absolute atomic E-state index is 0.279. The van der Waals surface area contributed by atoms with E-state index in [9.17, 15) is 4.79 Å². The van der Waals surface area contributed by atoms with Gasteiger partial charge in [-0.05, 0) is 29.8 Å². The van der Waals surface area contributed by atoms with Crippen LogP contribution in [0.1, 0.15) is 16.1 Å². The zero-order chi connectivity index (χ0) is 16.8. The largest absolute Gasteiger partial charge is 0.366 e. The van der Waals surface area contributed by atoms with E-state index >= 15 is 0 Å². The number of halogens is 1. The Morgan fingerprint density at radius 3 is 2.50 bits per heavy atom. The van der Waals surface area contributed by atoms with Crippen molar-refractivity contribution in [2.45, 2.75) is 6.54 Å². The number of nitrogens with zero attached hydrogens (tertiary/aromatic N) is 2. The fraction of sp³-hybridized carbons (Fsp3) is 0.0556. The van der Waals surface area contributed by atoms with Crippen LogP contribution in [0.3, 0.4) is 0 Å². The number of benzene rings is 2. The molecule has 2 aromatic carbocycles. The number of amides is 1. The third-order valence-electron chi connectivity index (χ3n) is 3.32. The van der Waals surface area contributed by atoms with E-state index in [4.69, 9.17) is 11.6 Å². The van der Waals surface area contributed by atoms with Gasteiger partial charge in [0, 0.05) is 23.3 Å². The number of hydrogen-bond donors (Lipinski definition) is 2. The third kappa shape index (κ3) is 4.30. The first-order chi connectivity index (χ1) is 11.7. The number of nitrogens with one attached hydrogen (secondary N) is 2. The van der Waals surface area contributed by atoms with Gasteiger partial charge in [0.2, 0.25) is 0 Å². The summed E-state index contributed by atoms with van der Waals surface area (Å²) in [5.41, 5.74) is 2.08. The molecule has 1 heterocycles. The Morgan fingerprint density at radius 2 is 1.75 bits per heavy atom. The first-order valence-electron chi connectivity index (χ1n) is 7.37. The zero-order valence-corrected chi connectivity index (χ0v) is 13.5. The van der Waals surface area contributed by atoms with Crippen LogP contribution in [-0.2, 0) is 6.54 Å². The molecule has 3 aromatic rings. The van der Waals surface area contributed by atoms with Gasteiger partial charge in [-0.15, -0.1) is 0 Å². The molecule has 0 aliphatic carbocycles. The average Bonchev–Trinajstić information content (AvgIpc) is 2.62. The number of aromatic nitrogens is 2. The number of carbonyl (C=O) groups excluding carboxylic acids is 1. The predicted molar refractivity (Wildman–Crippen MR) is 95.2 cm³/mol. The lowest BCUT2D eigenvalue weighted by Gasteiger charge is -2.08. The summed E-state index contributed by atoms with van der Waals surface area (Å²) < 4.78 is 0. The number of para-hydroxylation sites is 1. The summed E-state index contributed by atoms with van der Waals surface area (Å²) in [7, 11) is 0. The van der Waals surface area contributed by atoms with Crippen LogP contribution in [-0.4, -0.2) is 15.9 Å². The van der Waals surface area contributed by atoms with E-state index in [0.29, 0.717) is 23.1 Å². The van der Waals surface area contributed by atoms with Crippen molar-refractivity contribution < 1.29 is 4.79 Å². The molecule has 0 radical (unpaired) electrons. The van der Waals surface area contributed by atoms with Gasteiger partial charge >= 0.3 is 0 Å². The normalized spacial score (nSPS) is 10.2. The maximum Gasteiger partial charge on any atom is 0.274 e. The molecule has 6 heteroatoms. The lowest BCUT2D eigenvalue weighted by molar-refractivity contribution is 0.102. The Hall–Kier alpha value is -2.92. The lowest BCUT2D eigenvalue weighted by atomic mass is 10.2. The minimum Gasteiger partial charge on any atom is -0.366 e. The van der Waals surface area contributed by atoms with Crippen LogP contribution in [0.15, 0.2) is 67.0 Å². The smallest absolute Gasteiger partial charge is 0.274 e. The molecule has 0 saturated heterocycles. The van der Waals surface area contributed by atoms with E-state index in [1.54, 1.807) is 6.07 Å². The van der Waals surface area contributed by atoms with Crippen LogP contribution in [0.2, 0.25) is 5.02 Å². The first kappa shape index (κ1) is 16.0. The second-order valence-electron chi connectivity index (χ2n) is 5.09. The van der Waals surface area contributed by atoms with Crippen molar-refractivity contribution in [3.8, 4) is 0 Å². The molecule has 2 N–H and O–H groups in total. The zero-order valence-electron chi connectivity index (χ0n) is 12.7. The van der Waals surface area contributed by atoms with Gasteiger partial charge in [-0.1, -0.05) is 41.9 Å². The molecule has 0 spiro atoms. The molecular formula is C18H15ClN4O. The van der Waals surface area contributed by atoms with Crippen molar-refractivity contribution in [3.05, 3.63) is 83.3 Å². The Morgan fingerprint density at radius 1 is 1.00 bits per heavy atom. The van der Waals surface area contributed by atoms with E-state index in [1.807, 2.05) is 54.6 Å². The van der Waals surface area contributed by atoms with Crippen molar-refractivity contribution in [1.29, 1.82) is 0 Å². The highest BCUT2D eigenvalue weighted by Crippen LogP contribution is 2.12. The van der Waals surface area contributed by atoms with E-state index < -0.39 is 0 Å². The Kier molecular flexibility index (Phi) is 5.03. The molecule has 0 aliphatic rings. The van der Waals surface area contributed by atoms with Crippen LogP contribution in [0.5, 0.6) is 0 Å². The molecule has 0 aliphatic heterocycles. The summed E-state index contributed by atoms with van der Waals surface area (Å²) in [5, 5.41) is 6.65. The molecule has 24 heavy (non-hydrogen) atoms. The molecule has 0 atom stereocenters. The maximum atomic E-state index is 12.2. The monoisotopic (exact) mass is 338 g/mol. The van der Waals surface area contributed by atoms with E-state index in [2.05, 4.69) is 20.6 Å². The molecule has 1 amide bonds. The molecule has 0 fully saturated rings.